The molecule has 1 aromatic carbocycles. The first kappa shape index (κ1) is 27.7. The molecule has 0 aliphatic carbocycles. The van der Waals surface area contributed by atoms with Crippen molar-refractivity contribution >= 4 is 23.3 Å². The summed E-state index contributed by atoms with van der Waals surface area (Å²) in [4.78, 5) is 33.1. The summed E-state index contributed by atoms with van der Waals surface area (Å²) < 4.78 is 80.9. The molecule has 2 saturated heterocycles. The van der Waals surface area contributed by atoms with Gasteiger partial charge in [-0.15, -0.1) is 0 Å². The Morgan fingerprint density at radius 2 is 1.92 bits per heavy atom. The van der Waals surface area contributed by atoms with Gasteiger partial charge in [-0.3, -0.25) is 19.4 Å². The Bertz CT molecular complexity index is 1230. The molecule has 206 valence electrons. The minimum absolute atomic E-state index is 0.130. The van der Waals surface area contributed by atoms with E-state index in [2.05, 4.69) is 10.3 Å². The van der Waals surface area contributed by atoms with E-state index in [-0.39, 0.29) is 23.7 Å². The lowest BCUT2D eigenvalue weighted by Gasteiger charge is -2.32. The van der Waals surface area contributed by atoms with Gasteiger partial charge in [-0.1, -0.05) is 13.0 Å². The summed E-state index contributed by atoms with van der Waals surface area (Å²) in [6.45, 7) is 3.35. The number of carbonyl (C=O) groups is 2. The van der Waals surface area contributed by atoms with E-state index in [9.17, 15) is 31.5 Å². The normalized spacial score (nSPS) is 26.5. The van der Waals surface area contributed by atoms with Crippen LogP contribution in [0.1, 0.15) is 25.3 Å². The number of hydrogen-bond acceptors (Lipinski definition) is 6. The van der Waals surface area contributed by atoms with Crippen LogP contribution >= 0.6 is 0 Å². The highest BCUT2D eigenvalue weighted by atomic mass is 19.4. The fraction of sp³-hybridized carbons (Fsp3) is 0.480. The molecular weight excluding hydrogens is 515 g/mol. The summed E-state index contributed by atoms with van der Waals surface area (Å²) >= 11 is 0. The van der Waals surface area contributed by atoms with Gasteiger partial charge in [-0.25, -0.2) is 9.37 Å². The van der Waals surface area contributed by atoms with Crippen molar-refractivity contribution in [1.82, 2.24) is 9.88 Å². The van der Waals surface area contributed by atoms with Crippen LogP contribution in [0, 0.1) is 17.6 Å². The standard InChI is InChI=1S/C25H27F5N4O4/c1-13-19(15-6-7-16(26)20(27)21(15)37-4)22(38-24(13,2)25(28,29)30)23(36)32-14-5-8-17(31-11-14)34-10-9-33(3)12-18(34)35/h5-8,11,13,19,22H,9-10,12H2,1-4H3,(H,32,36)/t13-,19-,22+,24+/m0/s1. The van der Waals surface area contributed by atoms with Crippen LogP contribution in [0.3, 0.4) is 0 Å². The number of rotatable bonds is 5. The van der Waals surface area contributed by atoms with Crippen molar-refractivity contribution in [1.29, 1.82) is 0 Å². The number of piperazine rings is 1. The van der Waals surface area contributed by atoms with Crippen LogP contribution in [-0.2, 0) is 14.3 Å². The molecule has 4 atom stereocenters. The number of hydrogen-bond donors (Lipinski definition) is 1. The Hall–Kier alpha value is -3.32. The molecule has 0 saturated carbocycles. The molecule has 2 fully saturated rings. The Morgan fingerprint density at radius 3 is 2.50 bits per heavy atom. The largest absolute Gasteiger partial charge is 0.493 e. The van der Waals surface area contributed by atoms with Crippen molar-refractivity contribution in [2.75, 3.05) is 44.0 Å². The van der Waals surface area contributed by atoms with Crippen LogP contribution in [0.5, 0.6) is 5.75 Å². The molecule has 1 N–H and O–H groups in total. The smallest absolute Gasteiger partial charge is 0.417 e. The van der Waals surface area contributed by atoms with E-state index in [0.717, 1.165) is 26.2 Å². The SMILES string of the molecule is COc1c([C@H]2[C@H](C(=O)Nc3ccc(N4CCN(C)CC4=O)nc3)O[C@@](C)(C(F)(F)F)[C@H]2C)ccc(F)c1F. The second-order valence-corrected chi connectivity index (χ2v) is 9.62. The molecular formula is C25H27F5N4O4. The Balaban J connectivity index is 1.63. The van der Waals surface area contributed by atoms with Crippen LogP contribution < -0.4 is 15.0 Å². The zero-order chi connectivity index (χ0) is 28.0. The Labute approximate surface area is 215 Å². The predicted octanol–water partition coefficient (Wildman–Crippen LogP) is 3.73. The van der Waals surface area contributed by atoms with Gasteiger partial charge in [0.1, 0.15) is 11.9 Å². The molecule has 0 bridgehead atoms. The van der Waals surface area contributed by atoms with E-state index in [1.807, 2.05) is 11.9 Å². The number of alkyl halides is 3. The van der Waals surface area contributed by atoms with Crippen LogP contribution in [-0.4, -0.2) is 73.4 Å². The number of carbonyl (C=O) groups excluding carboxylic acids is 2. The zero-order valence-electron chi connectivity index (χ0n) is 21.1. The Morgan fingerprint density at radius 1 is 1.21 bits per heavy atom. The number of nitrogens with zero attached hydrogens (tertiary/aromatic N) is 3. The fourth-order valence-electron chi connectivity index (χ4n) is 4.91. The first-order valence-corrected chi connectivity index (χ1v) is 11.8. The van der Waals surface area contributed by atoms with Crippen molar-refractivity contribution < 1.29 is 41.0 Å². The van der Waals surface area contributed by atoms with Crippen molar-refractivity contribution in [3.63, 3.8) is 0 Å². The van der Waals surface area contributed by atoms with E-state index < -0.39 is 53.0 Å². The number of amides is 2. The summed E-state index contributed by atoms with van der Waals surface area (Å²) in [6.07, 6.45) is -5.33. The second-order valence-electron chi connectivity index (χ2n) is 9.62. The molecule has 0 unspecified atom stereocenters. The van der Waals surface area contributed by atoms with Gasteiger partial charge >= 0.3 is 6.18 Å². The lowest BCUT2D eigenvalue weighted by Crippen LogP contribution is -2.49. The molecule has 3 heterocycles. The first-order chi connectivity index (χ1) is 17.8. The van der Waals surface area contributed by atoms with Crippen LogP contribution in [0.25, 0.3) is 0 Å². The van der Waals surface area contributed by atoms with Gasteiger partial charge in [0, 0.05) is 30.5 Å². The highest BCUT2D eigenvalue weighted by Gasteiger charge is 2.65. The van der Waals surface area contributed by atoms with Gasteiger partial charge < -0.3 is 14.8 Å². The summed E-state index contributed by atoms with van der Waals surface area (Å²) in [6, 6.07) is 4.82. The maximum atomic E-state index is 14.5. The molecule has 4 rings (SSSR count). The summed E-state index contributed by atoms with van der Waals surface area (Å²) in [5.41, 5.74) is -2.75. The summed E-state index contributed by atoms with van der Waals surface area (Å²) in [5.74, 6) is -6.66. The van der Waals surface area contributed by atoms with E-state index in [0.29, 0.717) is 18.9 Å². The van der Waals surface area contributed by atoms with E-state index in [1.54, 1.807) is 0 Å². The number of ether oxygens (including phenoxy) is 2. The maximum absolute atomic E-state index is 14.5. The fourth-order valence-corrected chi connectivity index (χ4v) is 4.91. The molecule has 0 radical (unpaired) electrons. The van der Waals surface area contributed by atoms with Crippen LogP contribution in [0.2, 0.25) is 0 Å². The molecule has 1 aromatic heterocycles. The minimum atomic E-state index is -4.87. The zero-order valence-corrected chi connectivity index (χ0v) is 21.1. The molecule has 38 heavy (non-hydrogen) atoms. The van der Waals surface area contributed by atoms with Crippen LogP contribution in [0.15, 0.2) is 30.5 Å². The van der Waals surface area contributed by atoms with Gasteiger partial charge in [0.05, 0.1) is 25.5 Å². The Kier molecular flexibility index (Phi) is 7.36. The summed E-state index contributed by atoms with van der Waals surface area (Å²) in [7, 11) is 2.87. The van der Waals surface area contributed by atoms with Crippen molar-refractivity contribution in [3.8, 4) is 5.75 Å². The lowest BCUT2D eigenvalue weighted by atomic mass is 9.77. The number of pyridine rings is 1. The number of anilines is 2. The minimum Gasteiger partial charge on any atom is -0.493 e. The van der Waals surface area contributed by atoms with Gasteiger partial charge in [0.15, 0.2) is 17.2 Å². The molecule has 2 aliphatic rings. The average Bonchev–Trinajstić information content (AvgIpc) is 3.13. The van der Waals surface area contributed by atoms with Crippen molar-refractivity contribution in [2.24, 2.45) is 5.92 Å². The molecule has 13 heteroatoms. The van der Waals surface area contributed by atoms with Gasteiger partial charge in [0.25, 0.3) is 5.91 Å². The average molecular weight is 543 g/mol. The first-order valence-electron chi connectivity index (χ1n) is 11.8. The number of halogens is 5. The number of aromatic nitrogens is 1. The van der Waals surface area contributed by atoms with Crippen molar-refractivity contribution in [3.05, 3.63) is 47.7 Å². The topological polar surface area (TPSA) is 84.0 Å². The van der Waals surface area contributed by atoms with Crippen LogP contribution in [0.4, 0.5) is 33.5 Å². The molecule has 8 nitrogen and oxygen atoms in total. The number of methoxy groups -OCH3 is 1. The molecule has 2 amide bonds. The van der Waals surface area contributed by atoms with Gasteiger partial charge in [-0.2, -0.15) is 17.6 Å². The van der Waals surface area contributed by atoms with E-state index in [4.69, 9.17) is 9.47 Å². The van der Waals surface area contributed by atoms with Crippen molar-refractivity contribution in [2.45, 2.75) is 37.6 Å². The second kappa shape index (κ2) is 10.1. The molecule has 2 aromatic rings. The summed E-state index contributed by atoms with van der Waals surface area (Å²) in [5, 5.41) is 2.49. The highest BCUT2D eigenvalue weighted by molar-refractivity contribution is 5.96. The molecule has 0 spiro atoms. The van der Waals surface area contributed by atoms with Gasteiger partial charge in [-0.05, 0) is 32.2 Å². The van der Waals surface area contributed by atoms with E-state index in [1.165, 1.54) is 30.2 Å². The monoisotopic (exact) mass is 542 g/mol. The maximum Gasteiger partial charge on any atom is 0.417 e. The number of likely N-dealkylation sites (N-methyl/N-ethyl adjacent to an activating group) is 1. The third kappa shape index (κ3) is 4.80. The predicted molar refractivity (Wildman–Crippen MR) is 127 cm³/mol. The highest BCUT2D eigenvalue weighted by Crippen LogP contribution is 2.55. The number of nitrogens with one attached hydrogen (secondary N) is 1. The van der Waals surface area contributed by atoms with Gasteiger partial charge in [0.2, 0.25) is 11.7 Å². The third-order valence-corrected chi connectivity index (χ3v) is 7.27. The number of benzene rings is 1. The lowest BCUT2D eigenvalue weighted by molar-refractivity contribution is -0.272. The van der Waals surface area contributed by atoms with E-state index >= 15 is 0 Å². The quantitative estimate of drug-likeness (QED) is 0.580. The third-order valence-electron chi connectivity index (χ3n) is 7.27. The molecule has 2 aliphatic heterocycles.